The van der Waals surface area contributed by atoms with Crippen molar-refractivity contribution >= 4 is 62.4 Å². The summed E-state index contributed by atoms with van der Waals surface area (Å²) in [5.41, 5.74) is 2.17. The number of hydrogen-bond donors (Lipinski definition) is 2. The molecule has 0 atom stereocenters. The fourth-order valence-corrected chi connectivity index (χ4v) is 4.33. The number of methoxy groups -OCH3 is 1. The van der Waals surface area contributed by atoms with E-state index in [4.69, 9.17) is 16.3 Å². The zero-order chi connectivity index (χ0) is 22.3. The quantitative estimate of drug-likeness (QED) is 0.447. The molecule has 3 aromatic carbocycles. The van der Waals surface area contributed by atoms with Crippen molar-refractivity contribution in [3.8, 4) is 11.5 Å². The van der Waals surface area contributed by atoms with Crippen molar-refractivity contribution in [2.45, 2.75) is 0 Å². The van der Waals surface area contributed by atoms with Crippen LogP contribution in [0.3, 0.4) is 0 Å². The highest BCUT2D eigenvalue weighted by atomic mass is 79.9. The number of rotatable bonds is 4. The summed E-state index contributed by atoms with van der Waals surface area (Å²) in [6, 6.07) is 14.6. The van der Waals surface area contributed by atoms with Crippen LogP contribution in [0.1, 0.15) is 21.5 Å². The van der Waals surface area contributed by atoms with Gasteiger partial charge in [0.05, 0.1) is 29.6 Å². The minimum absolute atomic E-state index is 0.253. The number of aromatic hydroxyl groups is 1. The molecule has 4 rings (SSSR count). The Morgan fingerprint density at radius 1 is 1.16 bits per heavy atom. The average Bonchev–Trinajstić information content (AvgIpc) is 3.01. The van der Waals surface area contributed by atoms with E-state index in [2.05, 4.69) is 15.9 Å². The molecule has 6 nitrogen and oxygen atoms in total. The van der Waals surface area contributed by atoms with Gasteiger partial charge in [0.1, 0.15) is 17.1 Å². The molecule has 0 spiro atoms. The summed E-state index contributed by atoms with van der Waals surface area (Å²) in [7, 11) is 1.51. The van der Waals surface area contributed by atoms with Gasteiger partial charge in [0.25, 0.3) is 5.91 Å². The van der Waals surface area contributed by atoms with Gasteiger partial charge >= 0.3 is 5.97 Å². The largest absolute Gasteiger partial charge is 0.507 e. The Labute approximate surface area is 191 Å². The fourth-order valence-electron chi connectivity index (χ4n) is 3.51. The second kappa shape index (κ2) is 8.09. The third-order valence-corrected chi connectivity index (χ3v) is 5.95. The first kappa shape index (κ1) is 21.0. The van der Waals surface area contributed by atoms with Gasteiger partial charge in [0.15, 0.2) is 0 Å². The molecule has 1 aliphatic heterocycles. The summed E-state index contributed by atoms with van der Waals surface area (Å²) in [4.78, 5) is 26.2. The molecule has 0 aromatic heterocycles. The van der Waals surface area contributed by atoms with Crippen LogP contribution in [-0.4, -0.2) is 29.2 Å². The predicted octanol–water partition coefficient (Wildman–Crippen LogP) is 5.73. The Morgan fingerprint density at radius 2 is 1.90 bits per heavy atom. The molecule has 1 aliphatic rings. The molecular formula is C23H15BrClNO5. The molecule has 0 saturated carbocycles. The molecule has 0 bridgehead atoms. The molecular weight excluding hydrogens is 486 g/mol. The van der Waals surface area contributed by atoms with Crippen molar-refractivity contribution in [3.63, 3.8) is 0 Å². The van der Waals surface area contributed by atoms with Crippen molar-refractivity contribution in [2.24, 2.45) is 0 Å². The number of halogens is 2. The molecule has 2 N–H and O–H groups in total. The van der Waals surface area contributed by atoms with Gasteiger partial charge in [-0.2, -0.15) is 0 Å². The Balaban J connectivity index is 1.94. The molecule has 3 aromatic rings. The van der Waals surface area contributed by atoms with E-state index < -0.39 is 11.7 Å². The number of phenols is 1. The third-order valence-electron chi connectivity index (χ3n) is 4.93. The third kappa shape index (κ3) is 3.56. The second-order valence-corrected chi connectivity index (χ2v) is 7.96. The molecule has 0 fully saturated rings. The van der Waals surface area contributed by atoms with E-state index in [0.29, 0.717) is 38.8 Å². The van der Waals surface area contributed by atoms with Gasteiger partial charge in [-0.3, -0.25) is 9.69 Å². The topological polar surface area (TPSA) is 87.1 Å². The standard InChI is InChI=1S/C23H15BrClNO5/c1-31-20-7-3-6-18-21(20)15(11-14-16(24)4-2-5-17(14)25)22(28)26(18)12-8-9-13(23(29)30)19(27)10-12/h2-11,27H,1H3,(H,29,30). The first-order valence-corrected chi connectivity index (χ1v) is 10.2. The summed E-state index contributed by atoms with van der Waals surface area (Å²) in [6.45, 7) is 0. The van der Waals surface area contributed by atoms with E-state index in [0.717, 1.165) is 4.47 Å². The molecule has 0 radical (unpaired) electrons. The maximum atomic E-state index is 13.5. The Morgan fingerprint density at radius 3 is 2.55 bits per heavy atom. The van der Waals surface area contributed by atoms with E-state index in [1.165, 1.54) is 30.2 Å². The average molecular weight is 501 g/mol. The minimum Gasteiger partial charge on any atom is -0.507 e. The molecule has 156 valence electrons. The van der Waals surface area contributed by atoms with Crippen molar-refractivity contribution in [3.05, 3.63) is 80.8 Å². The molecule has 31 heavy (non-hydrogen) atoms. The van der Waals surface area contributed by atoms with Gasteiger partial charge in [0.2, 0.25) is 0 Å². The molecule has 1 heterocycles. The lowest BCUT2D eigenvalue weighted by Gasteiger charge is -2.18. The van der Waals surface area contributed by atoms with Crippen LogP contribution in [0.15, 0.2) is 59.1 Å². The maximum Gasteiger partial charge on any atom is 0.339 e. The number of nitrogens with zero attached hydrogens (tertiary/aromatic N) is 1. The summed E-state index contributed by atoms with van der Waals surface area (Å²) in [5.74, 6) is -1.57. The van der Waals surface area contributed by atoms with Gasteiger partial charge in [-0.25, -0.2) is 4.79 Å². The van der Waals surface area contributed by atoms with Gasteiger partial charge in [-0.05, 0) is 42.5 Å². The van der Waals surface area contributed by atoms with E-state index in [9.17, 15) is 19.8 Å². The lowest BCUT2D eigenvalue weighted by Crippen LogP contribution is -2.20. The van der Waals surface area contributed by atoms with Crippen LogP contribution in [0, 0.1) is 0 Å². The van der Waals surface area contributed by atoms with E-state index in [1.807, 2.05) is 6.07 Å². The zero-order valence-corrected chi connectivity index (χ0v) is 18.4. The monoisotopic (exact) mass is 499 g/mol. The lowest BCUT2D eigenvalue weighted by atomic mass is 10.0. The van der Waals surface area contributed by atoms with Crippen molar-refractivity contribution < 1.29 is 24.5 Å². The number of carbonyl (C=O) groups is 2. The van der Waals surface area contributed by atoms with E-state index in [-0.39, 0.29) is 11.5 Å². The maximum absolute atomic E-state index is 13.5. The number of anilines is 2. The number of carbonyl (C=O) groups excluding carboxylic acids is 1. The molecule has 0 saturated heterocycles. The van der Waals surface area contributed by atoms with E-state index >= 15 is 0 Å². The zero-order valence-electron chi connectivity index (χ0n) is 16.1. The Kier molecular flexibility index (Phi) is 5.47. The van der Waals surface area contributed by atoms with Crippen LogP contribution >= 0.6 is 27.5 Å². The summed E-state index contributed by atoms with van der Waals surface area (Å²) < 4.78 is 6.22. The van der Waals surface area contributed by atoms with Crippen LogP contribution in [0.2, 0.25) is 5.02 Å². The lowest BCUT2D eigenvalue weighted by molar-refractivity contribution is -0.112. The number of hydrogen-bond acceptors (Lipinski definition) is 4. The normalized spacial score (nSPS) is 14.1. The van der Waals surface area contributed by atoms with Crippen LogP contribution < -0.4 is 9.64 Å². The van der Waals surface area contributed by atoms with Gasteiger partial charge in [-0.1, -0.05) is 39.7 Å². The number of carboxylic acid groups (broad SMARTS) is 1. The first-order chi connectivity index (χ1) is 14.8. The van der Waals surface area contributed by atoms with Crippen molar-refractivity contribution in [1.29, 1.82) is 0 Å². The smallest absolute Gasteiger partial charge is 0.339 e. The number of carboxylic acids is 1. The Hall–Kier alpha value is -3.29. The second-order valence-electron chi connectivity index (χ2n) is 6.69. The number of amides is 1. The molecule has 0 aliphatic carbocycles. The fraction of sp³-hybridized carbons (Fsp3) is 0.0435. The molecule has 0 unspecified atom stereocenters. The SMILES string of the molecule is COc1cccc2c1C(=Cc1c(Cl)cccc1Br)C(=O)N2c1ccc(C(=O)O)c(O)c1. The number of ether oxygens (including phenoxy) is 1. The number of fused-ring (bicyclic) bond motifs is 1. The number of aromatic carboxylic acids is 1. The summed E-state index contributed by atoms with van der Waals surface area (Å²) >= 11 is 9.83. The van der Waals surface area contributed by atoms with Gasteiger partial charge in [-0.15, -0.1) is 0 Å². The Bertz CT molecular complexity index is 1250. The number of benzene rings is 3. The van der Waals surface area contributed by atoms with Crippen LogP contribution in [0.5, 0.6) is 11.5 Å². The summed E-state index contributed by atoms with van der Waals surface area (Å²) in [6.07, 6.45) is 1.68. The van der Waals surface area contributed by atoms with Crippen LogP contribution in [0.25, 0.3) is 11.6 Å². The summed E-state index contributed by atoms with van der Waals surface area (Å²) in [5, 5.41) is 19.8. The van der Waals surface area contributed by atoms with E-state index in [1.54, 1.807) is 36.4 Å². The molecule has 8 heteroatoms. The predicted molar refractivity (Wildman–Crippen MR) is 122 cm³/mol. The van der Waals surface area contributed by atoms with Crippen molar-refractivity contribution in [1.82, 2.24) is 0 Å². The first-order valence-electron chi connectivity index (χ1n) is 9.07. The highest BCUT2D eigenvalue weighted by molar-refractivity contribution is 9.10. The van der Waals surface area contributed by atoms with Crippen molar-refractivity contribution in [2.75, 3.05) is 12.0 Å². The highest BCUT2D eigenvalue weighted by Crippen LogP contribution is 2.47. The van der Waals surface area contributed by atoms with Crippen LogP contribution in [0.4, 0.5) is 11.4 Å². The highest BCUT2D eigenvalue weighted by Gasteiger charge is 2.36. The van der Waals surface area contributed by atoms with Crippen LogP contribution in [-0.2, 0) is 4.79 Å². The minimum atomic E-state index is -1.26. The van der Waals surface area contributed by atoms with Gasteiger partial charge in [0, 0.05) is 21.1 Å². The molecule has 1 amide bonds. The van der Waals surface area contributed by atoms with Gasteiger partial charge < -0.3 is 14.9 Å².